The molecule has 0 amide bonds. The number of hydrogen-bond donors (Lipinski definition) is 1. The van der Waals surface area contributed by atoms with Gasteiger partial charge in [-0.2, -0.15) is 0 Å². The van der Waals surface area contributed by atoms with Gasteiger partial charge >= 0.3 is 0 Å². The van der Waals surface area contributed by atoms with Gasteiger partial charge in [-0.15, -0.1) is 0 Å². The van der Waals surface area contributed by atoms with Gasteiger partial charge < -0.3 is 15.0 Å². The van der Waals surface area contributed by atoms with Crippen molar-refractivity contribution < 1.29 is 4.74 Å². The number of ether oxygens (including phenoxy) is 1. The molecule has 0 atom stereocenters. The maximum Gasteiger partial charge on any atom is 0.0587 e. The van der Waals surface area contributed by atoms with Crippen LogP contribution in [0.3, 0.4) is 0 Å². The lowest BCUT2D eigenvalue weighted by Gasteiger charge is -2.22. The van der Waals surface area contributed by atoms with Crippen molar-refractivity contribution >= 4 is 0 Å². The summed E-state index contributed by atoms with van der Waals surface area (Å²) in [5.74, 6) is 0. The Labute approximate surface area is 102 Å². The molecule has 0 aromatic rings. The molecular formula is C13H30N2O. The zero-order chi connectivity index (χ0) is 12.1. The Balaban J connectivity index is 3.48. The van der Waals surface area contributed by atoms with Gasteiger partial charge in [-0.3, -0.25) is 0 Å². The molecule has 16 heavy (non-hydrogen) atoms. The fraction of sp³-hybridized carbons (Fsp3) is 1.00. The molecule has 1 N–H and O–H groups in total. The third-order valence-electron chi connectivity index (χ3n) is 2.74. The summed E-state index contributed by atoms with van der Waals surface area (Å²) in [6.45, 7) is 11.0. The Kier molecular flexibility index (Phi) is 12.9. The zero-order valence-electron chi connectivity index (χ0n) is 11.4. The van der Waals surface area contributed by atoms with Crippen LogP contribution in [0.1, 0.15) is 39.5 Å². The molecule has 0 aliphatic carbocycles. The number of nitrogens with zero attached hydrogens (tertiary/aromatic N) is 1. The van der Waals surface area contributed by atoms with Crippen molar-refractivity contribution in [3.63, 3.8) is 0 Å². The Hall–Kier alpha value is -0.120. The molecule has 3 heteroatoms. The van der Waals surface area contributed by atoms with E-state index in [1.807, 2.05) is 0 Å². The van der Waals surface area contributed by atoms with Gasteiger partial charge in [0.25, 0.3) is 0 Å². The molecule has 0 aliphatic rings. The summed E-state index contributed by atoms with van der Waals surface area (Å²) in [5, 5.41) is 3.40. The van der Waals surface area contributed by atoms with Crippen molar-refractivity contribution in [1.82, 2.24) is 10.2 Å². The van der Waals surface area contributed by atoms with Crippen LogP contribution in [0.4, 0.5) is 0 Å². The van der Waals surface area contributed by atoms with Gasteiger partial charge in [-0.25, -0.2) is 0 Å². The van der Waals surface area contributed by atoms with Crippen LogP contribution in [0.15, 0.2) is 0 Å². The first-order chi connectivity index (χ1) is 7.85. The van der Waals surface area contributed by atoms with Crippen molar-refractivity contribution in [1.29, 1.82) is 0 Å². The van der Waals surface area contributed by atoms with E-state index in [1.165, 1.54) is 45.3 Å². The molecule has 0 unspecified atom stereocenters. The highest BCUT2D eigenvalue weighted by molar-refractivity contribution is 4.60. The molecule has 0 bridgehead atoms. The van der Waals surface area contributed by atoms with Crippen molar-refractivity contribution in [3.05, 3.63) is 0 Å². The van der Waals surface area contributed by atoms with Crippen LogP contribution in [0.5, 0.6) is 0 Å². The average molecular weight is 230 g/mol. The second-order valence-electron chi connectivity index (χ2n) is 4.29. The third-order valence-corrected chi connectivity index (χ3v) is 2.74. The van der Waals surface area contributed by atoms with Crippen LogP contribution in [-0.2, 0) is 4.74 Å². The fourth-order valence-corrected chi connectivity index (χ4v) is 1.64. The van der Waals surface area contributed by atoms with E-state index in [4.69, 9.17) is 4.74 Å². The first kappa shape index (κ1) is 15.9. The maximum atomic E-state index is 5.00. The van der Waals surface area contributed by atoms with E-state index in [1.54, 1.807) is 7.11 Å². The SMILES string of the molecule is CCCCN(CCCC)CCNCCOC. The quantitative estimate of drug-likeness (QED) is 0.520. The minimum absolute atomic E-state index is 0.809. The minimum Gasteiger partial charge on any atom is -0.383 e. The predicted octanol–water partition coefficient (Wildman–Crippen LogP) is 2.12. The Morgan fingerprint density at radius 1 is 0.938 bits per heavy atom. The van der Waals surface area contributed by atoms with Gasteiger partial charge in [0.05, 0.1) is 6.61 Å². The van der Waals surface area contributed by atoms with Gasteiger partial charge in [0.2, 0.25) is 0 Å². The topological polar surface area (TPSA) is 24.5 Å². The summed E-state index contributed by atoms with van der Waals surface area (Å²) in [7, 11) is 1.75. The number of hydrogen-bond acceptors (Lipinski definition) is 3. The van der Waals surface area contributed by atoms with E-state index in [-0.39, 0.29) is 0 Å². The van der Waals surface area contributed by atoms with Gasteiger partial charge in [-0.05, 0) is 25.9 Å². The molecule has 98 valence electrons. The van der Waals surface area contributed by atoms with Crippen LogP contribution < -0.4 is 5.32 Å². The third kappa shape index (κ3) is 10.4. The van der Waals surface area contributed by atoms with Crippen LogP contribution in [-0.4, -0.2) is 51.3 Å². The van der Waals surface area contributed by atoms with Crippen molar-refractivity contribution in [2.24, 2.45) is 0 Å². The Morgan fingerprint density at radius 3 is 2.06 bits per heavy atom. The second kappa shape index (κ2) is 12.9. The monoisotopic (exact) mass is 230 g/mol. The van der Waals surface area contributed by atoms with Crippen LogP contribution >= 0.6 is 0 Å². The largest absolute Gasteiger partial charge is 0.383 e. The molecule has 0 aromatic heterocycles. The average Bonchev–Trinajstić information content (AvgIpc) is 2.31. The van der Waals surface area contributed by atoms with E-state index in [9.17, 15) is 0 Å². The summed E-state index contributed by atoms with van der Waals surface area (Å²) in [4.78, 5) is 2.58. The highest BCUT2D eigenvalue weighted by Gasteiger charge is 2.02. The minimum atomic E-state index is 0.809. The van der Waals surface area contributed by atoms with Crippen LogP contribution in [0.2, 0.25) is 0 Å². The molecule has 0 aromatic carbocycles. The molecule has 0 heterocycles. The van der Waals surface area contributed by atoms with E-state index in [0.717, 1.165) is 19.7 Å². The summed E-state index contributed by atoms with van der Waals surface area (Å²) in [5.41, 5.74) is 0. The lowest BCUT2D eigenvalue weighted by Crippen LogP contribution is -2.34. The number of nitrogens with one attached hydrogen (secondary N) is 1. The lowest BCUT2D eigenvalue weighted by atomic mass is 10.2. The lowest BCUT2D eigenvalue weighted by molar-refractivity contribution is 0.196. The van der Waals surface area contributed by atoms with Crippen LogP contribution in [0, 0.1) is 0 Å². The molecule has 3 nitrogen and oxygen atoms in total. The summed E-state index contributed by atoms with van der Waals surface area (Å²) in [6, 6.07) is 0. The molecule has 0 fully saturated rings. The number of unbranched alkanes of at least 4 members (excludes halogenated alkanes) is 2. The molecule has 0 radical (unpaired) electrons. The first-order valence-electron chi connectivity index (χ1n) is 6.77. The molecule has 0 saturated carbocycles. The molecule has 0 spiro atoms. The molecule has 0 aliphatic heterocycles. The van der Waals surface area contributed by atoms with E-state index < -0.39 is 0 Å². The van der Waals surface area contributed by atoms with Gasteiger partial charge in [0, 0.05) is 26.7 Å². The smallest absolute Gasteiger partial charge is 0.0587 e. The molecular weight excluding hydrogens is 200 g/mol. The van der Waals surface area contributed by atoms with E-state index >= 15 is 0 Å². The summed E-state index contributed by atoms with van der Waals surface area (Å²) in [6.07, 6.45) is 5.23. The van der Waals surface area contributed by atoms with E-state index in [0.29, 0.717) is 0 Å². The zero-order valence-corrected chi connectivity index (χ0v) is 11.4. The van der Waals surface area contributed by atoms with Crippen molar-refractivity contribution in [2.45, 2.75) is 39.5 Å². The summed E-state index contributed by atoms with van der Waals surface area (Å²) >= 11 is 0. The maximum absolute atomic E-state index is 5.00. The normalized spacial score (nSPS) is 11.2. The fourth-order valence-electron chi connectivity index (χ4n) is 1.64. The van der Waals surface area contributed by atoms with Gasteiger partial charge in [-0.1, -0.05) is 26.7 Å². The molecule has 0 saturated heterocycles. The van der Waals surface area contributed by atoms with E-state index in [2.05, 4.69) is 24.1 Å². The second-order valence-corrected chi connectivity index (χ2v) is 4.29. The van der Waals surface area contributed by atoms with Gasteiger partial charge in [0.1, 0.15) is 0 Å². The molecule has 0 rings (SSSR count). The van der Waals surface area contributed by atoms with Gasteiger partial charge in [0.15, 0.2) is 0 Å². The first-order valence-corrected chi connectivity index (χ1v) is 6.77. The van der Waals surface area contributed by atoms with Crippen molar-refractivity contribution in [2.75, 3.05) is 46.4 Å². The highest BCUT2D eigenvalue weighted by Crippen LogP contribution is 1.98. The van der Waals surface area contributed by atoms with Crippen LogP contribution in [0.25, 0.3) is 0 Å². The number of methoxy groups -OCH3 is 1. The predicted molar refractivity (Wildman–Crippen MR) is 71.0 cm³/mol. The highest BCUT2D eigenvalue weighted by atomic mass is 16.5. The number of rotatable bonds is 12. The standard InChI is InChI=1S/C13H30N2O/c1-4-6-10-15(11-7-5-2)12-8-14-9-13-16-3/h14H,4-13H2,1-3H3. The summed E-state index contributed by atoms with van der Waals surface area (Å²) < 4.78 is 5.00. The Morgan fingerprint density at radius 2 is 1.56 bits per heavy atom. The van der Waals surface area contributed by atoms with Crippen molar-refractivity contribution in [3.8, 4) is 0 Å². The Bertz CT molecular complexity index is 123.